The number of aromatic nitrogens is 2. The molecule has 0 radical (unpaired) electrons. The Bertz CT molecular complexity index is 1370. The first-order valence-electron chi connectivity index (χ1n) is 11.3. The lowest BCUT2D eigenvalue weighted by molar-refractivity contribution is -0.130. The van der Waals surface area contributed by atoms with Crippen LogP contribution in [0.3, 0.4) is 0 Å². The molecule has 5 rings (SSSR count). The van der Waals surface area contributed by atoms with Crippen molar-refractivity contribution in [1.82, 2.24) is 19.8 Å². The molecule has 33 heavy (non-hydrogen) atoms. The maximum Gasteiger partial charge on any atom is 0.292 e. The van der Waals surface area contributed by atoms with Crippen molar-refractivity contribution in [3.05, 3.63) is 71.5 Å². The predicted octanol–water partition coefficient (Wildman–Crippen LogP) is 3.55. The molecule has 7 nitrogen and oxygen atoms in total. The van der Waals surface area contributed by atoms with Crippen LogP contribution in [-0.2, 0) is 22.7 Å². The standard InChI is InChI=1S/C26H26N4O3/c1-17-12-19-13-18(8-9-22(19)28-17)14-27-26(33)25(32)21-15-30(23-7-3-2-6-20(21)23)16-24(31)29-10-4-5-11-29/h2-3,6-9,12-13,15,28H,4-5,10-11,14,16H2,1H3,(H,27,33). The second kappa shape index (κ2) is 8.58. The SMILES string of the molecule is Cc1cc2cc(CNC(=O)C(=O)c3cn(CC(=O)N4CCCC4)c4ccccc34)ccc2[nH]1. The first-order valence-corrected chi connectivity index (χ1v) is 11.3. The topological polar surface area (TPSA) is 87.2 Å². The highest BCUT2D eigenvalue weighted by molar-refractivity contribution is 6.45. The van der Waals surface area contributed by atoms with E-state index in [-0.39, 0.29) is 19.0 Å². The summed E-state index contributed by atoms with van der Waals surface area (Å²) in [5, 5.41) is 4.49. The number of H-pyrrole nitrogens is 1. The molecular weight excluding hydrogens is 416 g/mol. The van der Waals surface area contributed by atoms with E-state index >= 15 is 0 Å². The van der Waals surface area contributed by atoms with Gasteiger partial charge in [-0.3, -0.25) is 14.4 Å². The third-order valence-electron chi connectivity index (χ3n) is 6.28. The summed E-state index contributed by atoms with van der Waals surface area (Å²) in [5.74, 6) is -1.22. The molecule has 1 fully saturated rings. The van der Waals surface area contributed by atoms with Crippen molar-refractivity contribution in [2.24, 2.45) is 0 Å². The van der Waals surface area contributed by atoms with Crippen LogP contribution in [0.5, 0.6) is 0 Å². The molecule has 168 valence electrons. The fraction of sp³-hybridized carbons (Fsp3) is 0.269. The highest BCUT2D eigenvalue weighted by atomic mass is 16.2. The van der Waals surface area contributed by atoms with E-state index in [1.807, 2.05) is 60.4 Å². The number of nitrogens with zero attached hydrogens (tertiary/aromatic N) is 2. The molecule has 2 aromatic carbocycles. The summed E-state index contributed by atoms with van der Waals surface area (Å²) in [6.45, 7) is 3.97. The molecule has 1 aliphatic rings. The minimum Gasteiger partial charge on any atom is -0.359 e. The molecule has 0 saturated carbocycles. The zero-order chi connectivity index (χ0) is 22.9. The average Bonchev–Trinajstić information content (AvgIpc) is 3.55. The van der Waals surface area contributed by atoms with Gasteiger partial charge >= 0.3 is 0 Å². The number of Topliss-reactive ketones (excluding diaryl/α,β-unsaturated/α-hetero) is 1. The van der Waals surface area contributed by atoms with E-state index in [1.54, 1.807) is 10.8 Å². The summed E-state index contributed by atoms with van der Waals surface area (Å²) < 4.78 is 1.78. The number of carbonyl (C=O) groups is 3. The van der Waals surface area contributed by atoms with E-state index in [0.29, 0.717) is 10.9 Å². The smallest absolute Gasteiger partial charge is 0.292 e. The van der Waals surface area contributed by atoms with E-state index in [2.05, 4.69) is 10.3 Å². The molecule has 0 aliphatic carbocycles. The summed E-state index contributed by atoms with van der Waals surface area (Å²) >= 11 is 0. The summed E-state index contributed by atoms with van der Waals surface area (Å²) in [5.41, 5.74) is 4.11. The van der Waals surface area contributed by atoms with Crippen LogP contribution in [0.2, 0.25) is 0 Å². The summed E-state index contributed by atoms with van der Waals surface area (Å²) in [7, 11) is 0. The van der Waals surface area contributed by atoms with Gasteiger partial charge in [-0.1, -0.05) is 24.3 Å². The van der Waals surface area contributed by atoms with Gasteiger partial charge < -0.3 is 19.8 Å². The number of amides is 2. The number of aryl methyl sites for hydroxylation is 1. The molecule has 0 atom stereocenters. The first kappa shape index (κ1) is 21.0. The van der Waals surface area contributed by atoms with Crippen LogP contribution in [-0.4, -0.2) is 45.1 Å². The molecule has 2 amide bonds. The molecule has 2 aromatic heterocycles. The van der Waals surface area contributed by atoms with Gasteiger partial charge in [0.05, 0.1) is 5.56 Å². The first-order chi connectivity index (χ1) is 16.0. The Morgan fingerprint density at radius 3 is 2.64 bits per heavy atom. The quantitative estimate of drug-likeness (QED) is 0.354. The Hall–Kier alpha value is -3.87. The number of rotatable bonds is 6. The van der Waals surface area contributed by atoms with Crippen molar-refractivity contribution in [2.45, 2.75) is 32.9 Å². The number of carbonyl (C=O) groups excluding carboxylic acids is 3. The van der Waals surface area contributed by atoms with Crippen molar-refractivity contribution < 1.29 is 14.4 Å². The van der Waals surface area contributed by atoms with Crippen LogP contribution >= 0.6 is 0 Å². The second-order valence-electron chi connectivity index (χ2n) is 8.66. The minimum absolute atomic E-state index is 0.0343. The zero-order valence-electron chi connectivity index (χ0n) is 18.6. The molecule has 0 spiro atoms. The van der Waals surface area contributed by atoms with E-state index in [0.717, 1.165) is 53.6 Å². The molecular formula is C26H26N4O3. The minimum atomic E-state index is -0.658. The molecule has 3 heterocycles. The predicted molar refractivity (Wildman–Crippen MR) is 127 cm³/mol. The third-order valence-corrected chi connectivity index (χ3v) is 6.28. The van der Waals surface area contributed by atoms with Gasteiger partial charge in [-0.05, 0) is 55.0 Å². The van der Waals surface area contributed by atoms with Crippen LogP contribution < -0.4 is 5.32 Å². The number of likely N-dealkylation sites (tertiary alicyclic amines) is 1. The van der Waals surface area contributed by atoms with E-state index in [9.17, 15) is 14.4 Å². The highest BCUT2D eigenvalue weighted by Gasteiger charge is 2.24. The normalized spacial score (nSPS) is 13.7. The molecule has 1 aliphatic heterocycles. The summed E-state index contributed by atoms with van der Waals surface area (Å²) in [6.07, 6.45) is 3.69. The Labute approximate surface area is 191 Å². The van der Waals surface area contributed by atoms with Gasteiger partial charge in [-0.15, -0.1) is 0 Å². The maximum atomic E-state index is 13.0. The van der Waals surface area contributed by atoms with Crippen LogP contribution in [0.1, 0.15) is 34.5 Å². The van der Waals surface area contributed by atoms with Gasteiger partial charge in [0, 0.05) is 47.9 Å². The number of nitrogens with one attached hydrogen (secondary N) is 2. The largest absolute Gasteiger partial charge is 0.359 e. The lowest BCUT2D eigenvalue weighted by Crippen LogP contribution is -2.31. The van der Waals surface area contributed by atoms with E-state index < -0.39 is 11.7 Å². The number of hydrogen-bond acceptors (Lipinski definition) is 3. The number of benzene rings is 2. The Morgan fingerprint density at radius 2 is 1.82 bits per heavy atom. The van der Waals surface area contributed by atoms with Gasteiger partial charge in [0.1, 0.15) is 6.54 Å². The van der Waals surface area contributed by atoms with E-state index in [4.69, 9.17) is 0 Å². The molecule has 2 N–H and O–H groups in total. The lowest BCUT2D eigenvalue weighted by atomic mass is 10.1. The maximum absolute atomic E-state index is 13.0. The molecule has 4 aromatic rings. The van der Waals surface area contributed by atoms with Crippen molar-refractivity contribution in [3.8, 4) is 0 Å². The van der Waals surface area contributed by atoms with Crippen molar-refractivity contribution in [2.75, 3.05) is 13.1 Å². The highest BCUT2D eigenvalue weighted by Crippen LogP contribution is 2.23. The molecule has 0 bridgehead atoms. The summed E-state index contributed by atoms with van der Waals surface area (Å²) in [4.78, 5) is 43.5. The summed E-state index contributed by atoms with van der Waals surface area (Å²) in [6, 6.07) is 15.3. The third kappa shape index (κ3) is 4.14. The number of hydrogen-bond donors (Lipinski definition) is 2. The van der Waals surface area contributed by atoms with Crippen LogP contribution in [0.25, 0.3) is 21.8 Å². The number of ketones is 1. The van der Waals surface area contributed by atoms with Gasteiger partial charge in [-0.25, -0.2) is 0 Å². The van der Waals surface area contributed by atoms with Crippen LogP contribution in [0.4, 0.5) is 0 Å². The van der Waals surface area contributed by atoms with Crippen molar-refractivity contribution >= 4 is 39.4 Å². The van der Waals surface area contributed by atoms with Crippen LogP contribution in [0, 0.1) is 6.92 Å². The number of aromatic amines is 1. The molecule has 1 saturated heterocycles. The zero-order valence-corrected chi connectivity index (χ0v) is 18.6. The van der Waals surface area contributed by atoms with Crippen LogP contribution in [0.15, 0.2) is 54.7 Å². The second-order valence-corrected chi connectivity index (χ2v) is 8.66. The fourth-order valence-corrected chi connectivity index (χ4v) is 4.59. The number of fused-ring (bicyclic) bond motifs is 2. The molecule has 7 heteroatoms. The van der Waals surface area contributed by atoms with Crippen molar-refractivity contribution in [1.29, 1.82) is 0 Å². The van der Waals surface area contributed by atoms with Gasteiger partial charge in [0.15, 0.2) is 0 Å². The lowest BCUT2D eigenvalue weighted by Gasteiger charge is -2.15. The van der Waals surface area contributed by atoms with Gasteiger partial charge in [0.25, 0.3) is 11.7 Å². The Balaban J connectivity index is 1.33. The van der Waals surface area contributed by atoms with E-state index in [1.165, 1.54) is 0 Å². The Kier molecular flexibility index (Phi) is 5.46. The monoisotopic (exact) mass is 442 g/mol. The van der Waals surface area contributed by atoms with Gasteiger partial charge in [0.2, 0.25) is 5.91 Å². The Morgan fingerprint density at radius 1 is 1.03 bits per heavy atom. The van der Waals surface area contributed by atoms with Crippen molar-refractivity contribution in [3.63, 3.8) is 0 Å². The molecule has 0 unspecified atom stereocenters. The number of para-hydroxylation sites is 1. The fourth-order valence-electron chi connectivity index (χ4n) is 4.59. The van der Waals surface area contributed by atoms with Gasteiger partial charge in [-0.2, -0.15) is 0 Å². The average molecular weight is 443 g/mol.